The Bertz CT molecular complexity index is 1120. The maximum atomic E-state index is 13.8. The highest BCUT2D eigenvalue weighted by Crippen LogP contribution is 2.33. The first-order valence-electron chi connectivity index (χ1n) is 10.7. The zero-order valence-electron chi connectivity index (χ0n) is 17.6. The third-order valence-corrected chi connectivity index (χ3v) is 6.23. The first kappa shape index (κ1) is 19.7. The van der Waals surface area contributed by atoms with E-state index in [-0.39, 0.29) is 5.82 Å². The molecule has 1 fully saturated rings. The Morgan fingerprint density at radius 3 is 3.03 bits per heavy atom. The number of hydrogen-bond acceptors (Lipinski definition) is 6. The summed E-state index contributed by atoms with van der Waals surface area (Å²) in [6.07, 6.45) is 9.87. The van der Waals surface area contributed by atoms with Gasteiger partial charge in [-0.15, -0.1) is 0 Å². The minimum absolute atomic E-state index is 0.149. The largest absolute Gasteiger partial charge is 0.384 e. The smallest absolute Gasteiger partial charge is 0.252 e. The van der Waals surface area contributed by atoms with Gasteiger partial charge in [0.05, 0.1) is 11.9 Å². The van der Waals surface area contributed by atoms with E-state index in [1.54, 1.807) is 29.1 Å². The van der Waals surface area contributed by atoms with Crippen LogP contribution < -0.4 is 10.6 Å². The van der Waals surface area contributed by atoms with Crippen molar-refractivity contribution in [1.29, 1.82) is 0 Å². The number of aromatic nitrogens is 4. The number of fused-ring (bicyclic) bond motifs is 3. The van der Waals surface area contributed by atoms with Crippen LogP contribution in [0.1, 0.15) is 23.2 Å². The number of piperazine rings is 1. The van der Waals surface area contributed by atoms with Gasteiger partial charge in [0.25, 0.3) is 5.95 Å². The van der Waals surface area contributed by atoms with E-state index in [1.165, 1.54) is 5.56 Å². The van der Waals surface area contributed by atoms with Crippen LogP contribution in [0.4, 0.5) is 15.9 Å². The lowest BCUT2D eigenvalue weighted by Crippen LogP contribution is -2.55. The van der Waals surface area contributed by atoms with E-state index in [2.05, 4.69) is 37.0 Å². The van der Waals surface area contributed by atoms with E-state index >= 15 is 0 Å². The van der Waals surface area contributed by atoms with Gasteiger partial charge in [0.15, 0.2) is 0 Å². The zero-order chi connectivity index (χ0) is 21.4. The molecule has 2 N–H and O–H groups in total. The summed E-state index contributed by atoms with van der Waals surface area (Å²) in [7, 11) is 0. The summed E-state index contributed by atoms with van der Waals surface area (Å²) in [5.41, 5.74) is 10.1. The van der Waals surface area contributed by atoms with Crippen LogP contribution in [0.3, 0.4) is 0 Å². The summed E-state index contributed by atoms with van der Waals surface area (Å²) in [6.45, 7) is 5.76. The molecule has 5 rings (SSSR count). The van der Waals surface area contributed by atoms with Crippen LogP contribution in [0.15, 0.2) is 42.7 Å². The summed E-state index contributed by atoms with van der Waals surface area (Å²) in [4.78, 5) is 13.3. The SMILES string of the molecule is Cc1c(C=CCN2CCN3c4cc(F)ccc4CCC3C2)cnn1-c1nccc(N)n1. The fraction of sp³-hybridized carbons (Fsp3) is 0.348. The standard InChI is InChI=1S/C23H26FN7/c1-16-18(14-27-31(16)23-26-9-8-22(25)28-23)3-2-10-29-11-12-30-20(15-29)7-5-17-4-6-19(24)13-21(17)30/h2-4,6,8-9,13-14,20H,5,7,10-12,15H2,1H3,(H2,25,26,28). The number of benzene rings is 1. The monoisotopic (exact) mass is 419 g/mol. The van der Waals surface area contributed by atoms with Gasteiger partial charge in [-0.05, 0) is 43.5 Å². The minimum atomic E-state index is -0.149. The van der Waals surface area contributed by atoms with Crippen LogP contribution in [-0.4, -0.2) is 56.9 Å². The third-order valence-electron chi connectivity index (χ3n) is 6.23. The van der Waals surface area contributed by atoms with E-state index in [0.29, 0.717) is 17.8 Å². The fourth-order valence-corrected chi connectivity index (χ4v) is 4.57. The highest BCUT2D eigenvalue weighted by atomic mass is 19.1. The van der Waals surface area contributed by atoms with Crippen molar-refractivity contribution >= 4 is 17.6 Å². The van der Waals surface area contributed by atoms with E-state index in [0.717, 1.165) is 56.0 Å². The van der Waals surface area contributed by atoms with Crippen LogP contribution in [-0.2, 0) is 6.42 Å². The number of anilines is 2. The van der Waals surface area contributed by atoms with Crippen LogP contribution >= 0.6 is 0 Å². The van der Waals surface area contributed by atoms with E-state index < -0.39 is 0 Å². The van der Waals surface area contributed by atoms with Crippen molar-refractivity contribution < 1.29 is 4.39 Å². The van der Waals surface area contributed by atoms with Gasteiger partial charge in [-0.2, -0.15) is 10.1 Å². The molecule has 2 aliphatic rings. The van der Waals surface area contributed by atoms with Crippen LogP contribution in [0.25, 0.3) is 12.0 Å². The molecule has 3 aromatic rings. The molecular formula is C23H26FN7. The zero-order valence-corrected chi connectivity index (χ0v) is 17.6. The van der Waals surface area contributed by atoms with Gasteiger partial charge in [-0.25, -0.2) is 14.1 Å². The Morgan fingerprint density at radius 1 is 1.26 bits per heavy atom. The Hall–Kier alpha value is -3.26. The summed E-state index contributed by atoms with van der Waals surface area (Å²) in [5, 5.41) is 4.41. The molecule has 0 aliphatic carbocycles. The molecule has 160 valence electrons. The van der Waals surface area contributed by atoms with Crippen molar-refractivity contribution in [3.8, 4) is 5.95 Å². The molecule has 0 radical (unpaired) electrons. The number of rotatable bonds is 4. The summed E-state index contributed by atoms with van der Waals surface area (Å²) in [5.74, 6) is 0.746. The van der Waals surface area contributed by atoms with Gasteiger partial charge >= 0.3 is 0 Å². The number of hydrogen-bond donors (Lipinski definition) is 1. The topological polar surface area (TPSA) is 76.1 Å². The molecule has 0 spiro atoms. The van der Waals surface area contributed by atoms with Crippen molar-refractivity contribution in [2.45, 2.75) is 25.8 Å². The maximum absolute atomic E-state index is 13.8. The first-order valence-corrected chi connectivity index (χ1v) is 10.7. The molecule has 0 saturated carbocycles. The average molecular weight is 420 g/mol. The van der Waals surface area contributed by atoms with Crippen molar-refractivity contribution in [1.82, 2.24) is 24.6 Å². The van der Waals surface area contributed by atoms with Crippen LogP contribution in [0.5, 0.6) is 0 Å². The second-order valence-electron chi connectivity index (χ2n) is 8.20. The van der Waals surface area contributed by atoms with Crippen molar-refractivity contribution in [3.63, 3.8) is 0 Å². The number of aryl methyl sites for hydroxylation is 1. The highest BCUT2D eigenvalue weighted by molar-refractivity contribution is 5.57. The third kappa shape index (κ3) is 3.90. The van der Waals surface area contributed by atoms with Crippen LogP contribution in [0.2, 0.25) is 0 Å². The predicted octanol–water partition coefficient (Wildman–Crippen LogP) is 2.84. The second-order valence-corrected chi connectivity index (χ2v) is 8.20. The van der Waals surface area contributed by atoms with Gasteiger partial charge in [-0.3, -0.25) is 4.90 Å². The Kier molecular flexibility index (Phi) is 5.15. The molecule has 2 aliphatic heterocycles. The molecule has 1 unspecified atom stereocenters. The molecule has 0 amide bonds. The Labute approximate surface area is 181 Å². The molecule has 7 nitrogen and oxygen atoms in total. The highest BCUT2D eigenvalue weighted by Gasteiger charge is 2.31. The number of nitrogen functional groups attached to an aromatic ring is 1. The van der Waals surface area contributed by atoms with Gasteiger partial charge < -0.3 is 10.6 Å². The fourth-order valence-electron chi connectivity index (χ4n) is 4.57. The van der Waals surface area contributed by atoms with Crippen molar-refractivity contribution in [3.05, 3.63) is 65.4 Å². The lowest BCUT2D eigenvalue weighted by Gasteiger charge is -2.46. The minimum Gasteiger partial charge on any atom is -0.384 e. The Morgan fingerprint density at radius 2 is 2.16 bits per heavy atom. The van der Waals surface area contributed by atoms with Gasteiger partial charge in [0, 0.05) is 49.7 Å². The van der Waals surface area contributed by atoms with E-state index in [1.807, 2.05) is 19.2 Å². The lowest BCUT2D eigenvalue weighted by atomic mass is 9.94. The number of nitrogens with two attached hydrogens (primary N) is 1. The Balaban J connectivity index is 1.23. The van der Waals surface area contributed by atoms with Crippen LogP contribution in [0, 0.1) is 12.7 Å². The molecule has 4 heterocycles. The molecule has 1 atom stereocenters. The molecule has 2 aromatic heterocycles. The molecule has 0 bridgehead atoms. The van der Waals surface area contributed by atoms with E-state index in [9.17, 15) is 4.39 Å². The van der Waals surface area contributed by atoms with Gasteiger partial charge in [0.1, 0.15) is 11.6 Å². The normalized spacial score (nSPS) is 18.9. The average Bonchev–Trinajstić information content (AvgIpc) is 3.14. The number of nitrogens with zero attached hydrogens (tertiary/aromatic N) is 6. The summed E-state index contributed by atoms with van der Waals surface area (Å²) in [6, 6.07) is 7.31. The summed E-state index contributed by atoms with van der Waals surface area (Å²) < 4.78 is 15.5. The molecule has 8 heteroatoms. The second kappa shape index (κ2) is 8.11. The quantitative estimate of drug-likeness (QED) is 0.701. The van der Waals surface area contributed by atoms with E-state index in [4.69, 9.17) is 5.73 Å². The summed E-state index contributed by atoms with van der Waals surface area (Å²) >= 11 is 0. The van der Waals surface area contributed by atoms with Gasteiger partial charge in [-0.1, -0.05) is 18.2 Å². The van der Waals surface area contributed by atoms with Crippen molar-refractivity contribution in [2.75, 3.05) is 36.8 Å². The first-order chi connectivity index (χ1) is 15.1. The molecule has 1 aromatic carbocycles. The van der Waals surface area contributed by atoms with Gasteiger partial charge in [0.2, 0.25) is 0 Å². The maximum Gasteiger partial charge on any atom is 0.252 e. The number of halogens is 1. The predicted molar refractivity (Wildman–Crippen MR) is 120 cm³/mol. The molecule has 1 saturated heterocycles. The molecular weight excluding hydrogens is 393 g/mol. The van der Waals surface area contributed by atoms with Crippen molar-refractivity contribution in [2.24, 2.45) is 0 Å². The molecule has 31 heavy (non-hydrogen) atoms. The lowest BCUT2D eigenvalue weighted by molar-refractivity contribution is 0.234.